The molecule has 0 aliphatic carbocycles. The normalized spacial score (nSPS) is 24.2. The van der Waals surface area contributed by atoms with Crippen LogP contribution in [0.5, 0.6) is 0 Å². The molecule has 1 aromatic carbocycles. The Morgan fingerprint density at radius 1 is 0.941 bits per heavy atom. The van der Waals surface area contributed by atoms with Gasteiger partial charge in [-0.25, -0.2) is 9.59 Å². The third kappa shape index (κ3) is 7.61. The van der Waals surface area contributed by atoms with Crippen LogP contribution in [0.15, 0.2) is 30.3 Å². The van der Waals surface area contributed by atoms with Crippen LogP contribution in [0, 0.1) is 0 Å². The molecular formula is C24H32O10. The second-order valence-corrected chi connectivity index (χ2v) is 7.77. The van der Waals surface area contributed by atoms with Gasteiger partial charge in [0.15, 0.2) is 24.6 Å². The number of unbranched alkanes of at least 4 members (excludes halogenated alkanes) is 1. The van der Waals surface area contributed by atoms with Crippen molar-refractivity contribution in [2.45, 2.75) is 70.2 Å². The van der Waals surface area contributed by atoms with Gasteiger partial charge in [-0.3, -0.25) is 4.79 Å². The van der Waals surface area contributed by atoms with E-state index in [0.29, 0.717) is 6.42 Å². The lowest BCUT2D eigenvalue weighted by atomic mass is 9.97. The number of ketones is 1. The zero-order chi connectivity index (χ0) is 25.1. The number of hydrogen-bond donors (Lipinski definition) is 0. The summed E-state index contributed by atoms with van der Waals surface area (Å²) in [4.78, 5) is 49.1. The van der Waals surface area contributed by atoms with Crippen molar-refractivity contribution < 1.29 is 47.6 Å². The van der Waals surface area contributed by atoms with Gasteiger partial charge in [-0.2, -0.15) is 0 Å². The van der Waals surface area contributed by atoms with Gasteiger partial charge in [0.25, 0.3) is 0 Å². The Kier molecular flexibility index (Phi) is 11.1. The van der Waals surface area contributed by atoms with Crippen molar-refractivity contribution in [3.63, 3.8) is 0 Å². The fraction of sp³-hybridized carbons (Fsp3) is 0.583. The van der Waals surface area contributed by atoms with Crippen LogP contribution in [0.3, 0.4) is 0 Å². The minimum absolute atomic E-state index is 0.0240. The van der Waals surface area contributed by atoms with Crippen LogP contribution < -0.4 is 0 Å². The number of Topliss-reactive ketones (excluding diaryl/α,β-unsaturated/α-hetero) is 1. The Morgan fingerprint density at radius 3 is 2.24 bits per heavy atom. The SMILES string of the molecule is CCCCOC1[C@H](OC(=O)CCC(C)=O)C(C(=O)OC)O[C@@H](OC)[C@H]1OC(=O)c1ccccc1. The number of ether oxygens (including phenoxy) is 6. The average molecular weight is 481 g/mol. The van der Waals surface area contributed by atoms with Crippen LogP contribution in [0.2, 0.25) is 0 Å². The van der Waals surface area contributed by atoms with Crippen LogP contribution in [-0.4, -0.2) is 75.2 Å². The van der Waals surface area contributed by atoms with Gasteiger partial charge in [0.05, 0.1) is 19.1 Å². The fourth-order valence-corrected chi connectivity index (χ4v) is 3.37. The number of benzene rings is 1. The summed E-state index contributed by atoms with van der Waals surface area (Å²) < 4.78 is 33.1. The lowest BCUT2D eigenvalue weighted by molar-refractivity contribution is -0.296. The Labute approximate surface area is 198 Å². The minimum atomic E-state index is -1.39. The largest absolute Gasteiger partial charge is 0.467 e. The van der Waals surface area contributed by atoms with Crippen LogP contribution >= 0.6 is 0 Å². The summed E-state index contributed by atoms with van der Waals surface area (Å²) in [7, 11) is 2.49. The lowest BCUT2D eigenvalue weighted by Gasteiger charge is -2.43. The van der Waals surface area contributed by atoms with Crippen LogP contribution in [0.4, 0.5) is 0 Å². The van der Waals surface area contributed by atoms with Gasteiger partial charge in [0, 0.05) is 20.1 Å². The molecule has 34 heavy (non-hydrogen) atoms. The van der Waals surface area contributed by atoms with Crippen molar-refractivity contribution in [3.8, 4) is 0 Å². The van der Waals surface area contributed by atoms with Crippen molar-refractivity contribution in [2.75, 3.05) is 20.8 Å². The maximum atomic E-state index is 12.8. The molecule has 10 heteroatoms. The van der Waals surface area contributed by atoms with Gasteiger partial charge < -0.3 is 33.2 Å². The van der Waals surface area contributed by atoms with E-state index in [1.54, 1.807) is 30.3 Å². The molecule has 188 valence electrons. The number of methoxy groups -OCH3 is 2. The fourth-order valence-electron chi connectivity index (χ4n) is 3.37. The van der Waals surface area contributed by atoms with Crippen molar-refractivity contribution in [3.05, 3.63) is 35.9 Å². The van der Waals surface area contributed by atoms with E-state index in [-0.39, 0.29) is 30.8 Å². The van der Waals surface area contributed by atoms with E-state index in [1.165, 1.54) is 14.0 Å². The van der Waals surface area contributed by atoms with Crippen molar-refractivity contribution in [1.82, 2.24) is 0 Å². The van der Waals surface area contributed by atoms with E-state index in [9.17, 15) is 19.2 Å². The van der Waals surface area contributed by atoms with E-state index in [2.05, 4.69) is 0 Å². The predicted molar refractivity (Wildman–Crippen MR) is 118 cm³/mol. The van der Waals surface area contributed by atoms with Gasteiger partial charge in [-0.05, 0) is 25.5 Å². The Balaban J connectivity index is 2.37. The summed E-state index contributed by atoms with van der Waals surface area (Å²) in [5, 5.41) is 0. The van der Waals surface area contributed by atoms with E-state index >= 15 is 0 Å². The monoisotopic (exact) mass is 480 g/mol. The molecule has 0 bridgehead atoms. The highest BCUT2D eigenvalue weighted by Crippen LogP contribution is 2.30. The van der Waals surface area contributed by atoms with Gasteiger partial charge in [0.1, 0.15) is 11.9 Å². The molecule has 2 rings (SSSR count). The first-order valence-corrected chi connectivity index (χ1v) is 11.1. The summed E-state index contributed by atoms with van der Waals surface area (Å²) in [6.07, 6.45) is -4.89. The molecule has 2 unspecified atom stereocenters. The molecule has 5 atom stereocenters. The molecule has 0 N–H and O–H groups in total. The molecular weight excluding hydrogens is 448 g/mol. The molecule has 0 aromatic heterocycles. The Hall–Kier alpha value is -2.82. The second-order valence-electron chi connectivity index (χ2n) is 7.77. The van der Waals surface area contributed by atoms with E-state index < -0.39 is 48.6 Å². The van der Waals surface area contributed by atoms with Crippen molar-refractivity contribution in [1.29, 1.82) is 0 Å². The number of rotatable bonds is 12. The molecule has 0 amide bonds. The van der Waals surface area contributed by atoms with E-state index in [0.717, 1.165) is 13.5 Å². The van der Waals surface area contributed by atoms with Crippen LogP contribution in [-0.2, 0) is 42.8 Å². The smallest absolute Gasteiger partial charge is 0.339 e. The van der Waals surface area contributed by atoms with Crippen LogP contribution in [0.1, 0.15) is 49.9 Å². The first-order valence-electron chi connectivity index (χ1n) is 11.1. The zero-order valence-corrected chi connectivity index (χ0v) is 19.9. The number of carbonyl (C=O) groups is 4. The minimum Gasteiger partial charge on any atom is -0.467 e. The maximum Gasteiger partial charge on any atom is 0.339 e. The van der Waals surface area contributed by atoms with E-state index in [1.807, 2.05) is 6.92 Å². The number of esters is 3. The van der Waals surface area contributed by atoms with Gasteiger partial charge in [-0.15, -0.1) is 0 Å². The van der Waals surface area contributed by atoms with Crippen molar-refractivity contribution in [2.24, 2.45) is 0 Å². The molecule has 1 aliphatic heterocycles. The second kappa shape index (κ2) is 13.8. The first kappa shape index (κ1) is 27.4. The molecule has 1 saturated heterocycles. The molecule has 0 spiro atoms. The van der Waals surface area contributed by atoms with Crippen molar-refractivity contribution >= 4 is 23.7 Å². The molecule has 1 fully saturated rings. The molecule has 1 aliphatic rings. The highest BCUT2D eigenvalue weighted by Gasteiger charge is 2.54. The third-order valence-corrected chi connectivity index (χ3v) is 5.17. The van der Waals surface area contributed by atoms with Gasteiger partial charge in [-0.1, -0.05) is 31.5 Å². The summed E-state index contributed by atoms with van der Waals surface area (Å²) >= 11 is 0. The topological polar surface area (TPSA) is 124 Å². The first-order chi connectivity index (χ1) is 16.3. The number of carbonyl (C=O) groups excluding carboxylic acids is 4. The standard InChI is InChI=1S/C24H32O10/c1-5-6-14-31-18-19(32-17(26)13-12-15(2)25)20(23(28)29-3)34-24(30-4)21(18)33-22(27)16-10-8-7-9-11-16/h7-11,18-21,24H,5-6,12-14H2,1-4H3/t18?,19-,20?,21-,24+/m0/s1. The maximum absolute atomic E-state index is 12.8. The number of hydrogen-bond acceptors (Lipinski definition) is 10. The quantitative estimate of drug-likeness (QED) is 0.250. The molecule has 1 heterocycles. The van der Waals surface area contributed by atoms with Crippen LogP contribution in [0.25, 0.3) is 0 Å². The highest BCUT2D eigenvalue weighted by atomic mass is 16.7. The van der Waals surface area contributed by atoms with Gasteiger partial charge >= 0.3 is 17.9 Å². The molecule has 0 radical (unpaired) electrons. The Morgan fingerprint density at radius 2 is 1.65 bits per heavy atom. The summed E-state index contributed by atoms with van der Waals surface area (Å²) in [5.74, 6) is -2.40. The summed E-state index contributed by atoms with van der Waals surface area (Å²) in [6.45, 7) is 3.56. The highest BCUT2D eigenvalue weighted by molar-refractivity contribution is 5.89. The predicted octanol–water partition coefficient (Wildman–Crippen LogP) is 2.22. The zero-order valence-electron chi connectivity index (χ0n) is 19.9. The molecule has 1 aromatic rings. The Bertz CT molecular complexity index is 824. The third-order valence-electron chi connectivity index (χ3n) is 5.17. The molecule has 0 saturated carbocycles. The molecule has 10 nitrogen and oxygen atoms in total. The van der Waals surface area contributed by atoms with Gasteiger partial charge in [0.2, 0.25) is 0 Å². The average Bonchev–Trinajstić information content (AvgIpc) is 2.84. The summed E-state index contributed by atoms with van der Waals surface area (Å²) in [6, 6.07) is 8.29. The lowest BCUT2D eigenvalue weighted by Crippen LogP contribution is -2.63. The van der Waals surface area contributed by atoms with E-state index in [4.69, 9.17) is 28.4 Å². The summed E-state index contributed by atoms with van der Waals surface area (Å²) in [5.41, 5.74) is 0.287.